The Kier molecular flexibility index (Phi) is 5.40. The minimum absolute atomic E-state index is 0.0417. The molecule has 0 bridgehead atoms. The van der Waals surface area contributed by atoms with E-state index in [1.165, 1.54) is 5.56 Å². The van der Waals surface area contributed by atoms with Crippen molar-refractivity contribution in [3.05, 3.63) is 35.9 Å². The lowest BCUT2D eigenvalue weighted by Gasteiger charge is -2.27. The first-order valence-electron chi connectivity index (χ1n) is 7.96. The van der Waals surface area contributed by atoms with E-state index >= 15 is 0 Å². The first-order chi connectivity index (χ1) is 9.96. The normalized spacial score (nSPS) is 19.7. The van der Waals surface area contributed by atoms with Crippen LogP contribution in [0.3, 0.4) is 0 Å². The largest absolute Gasteiger partial charge is 0.459 e. The van der Waals surface area contributed by atoms with E-state index < -0.39 is 5.60 Å². The molecule has 0 N–H and O–H groups in total. The highest BCUT2D eigenvalue weighted by atomic mass is 16.6. The molecular formula is C18H27NO2. The summed E-state index contributed by atoms with van der Waals surface area (Å²) in [5.74, 6) is -0.0558. The molecule has 1 atom stereocenters. The summed E-state index contributed by atoms with van der Waals surface area (Å²) in [6, 6.07) is 10.5. The predicted octanol–water partition coefficient (Wildman–Crippen LogP) is 3.43. The molecule has 0 saturated carbocycles. The van der Waals surface area contributed by atoms with Gasteiger partial charge in [-0.05, 0) is 65.1 Å². The van der Waals surface area contributed by atoms with Crippen LogP contribution in [0.2, 0.25) is 0 Å². The van der Waals surface area contributed by atoms with Crippen LogP contribution in [0.5, 0.6) is 0 Å². The molecule has 1 aromatic carbocycles. The number of likely N-dealkylation sites (tertiary alicyclic amines) is 1. The Hall–Kier alpha value is -1.35. The third-order valence-corrected chi connectivity index (χ3v) is 3.80. The Labute approximate surface area is 128 Å². The molecule has 21 heavy (non-hydrogen) atoms. The van der Waals surface area contributed by atoms with Gasteiger partial charge in [-0.25, -0.2) is 0 Å². The van der Waals surface area contributed by atoms with Gasteiger partial charge in [-0.2, -0.15) is 0 Å². The SMILES string of the molecule is CC(C)(C)OC(=O)[C@@H]1CCCN1CCCc1ccccc1. The highest BCUT2D eigenvalue weighted by Crippen LogP contribution is 2.21. The van der Waals surface area contributed by atoms with Gasteiger partial charge < -0.3 is 4.74 Å². The number of rotatable bonds is 5. The highest BCUT2D eigenvalue weighted by Gasteiger charge is 2.33. The summed E-state index contributed by atoms with van der Waals surface area (Å²) in [7, 11) is 0. The van der Waals surface area contributed by atoms with Gasteiger partial charge in [-0.15, -0.1) is 0 Å². The van der Waals surface area contributed by atoms with Gasteiger partial charge >= 0.3 is 5.97 Å². The van der Waals surface area contributed by atoms with Crippen LogP contribution >= 0.6 is 0 Å². The van der Waals surface area contributed by atoms with Crippen molar-refractivity contribution >= 4 is 5.97 Å². The number of hydrogen-bond acceptors (Lipinski definition) is 3. The number of carbonyl (C=O) groups excluding carboxylic acids is 1. The van der Waals surface area contributed by atoms with E-state index in [4.69, 9.17) is 4.74 Å². The molecule has 3 nitrogen and oxygen atoms in total. The molecule has 1 fully saturated rings. The first kappa shape index (κ1) is 16.0. The van der Waals surface area contributed by atoms with Gasteiger partial charge in [0.2, 0.25) is 0 Å². The molecule has 0 unspecified atom stereocenters. The molecule has 0 amide bonds. The van der Waals surface area contributed by atoms with Crippen molar-refractivity contribution in [2.24, 2.45) is 0 Å². The Bertz CT molecular complexity index is 450. The smallest absolute Gasteiger partial charge is 0.323 e. The average molecular weight is 289 g/mol. The van der Waals surface area contributed by atoms with Crippen LogP contribution in [0.15, 0.2) is 30.3 Å². The van der Waals surface area contributed by atoms with Crippen molar-refractivity contribution in [1.82, 2.24) is 4.90 Å². The minimum atomic E-state index is -0.393. The molecule has 0 radical (unpaired) electrons. The van der Waals surface area contributed by atoms with E-state index in [1.807, 2.05) is 26.8 Å². The predicted molar refractivity (Wildman–Crippen MR) is 85.2 cm³/mol. The Morgan fingerprint density at radius 3 is 2.67 bits per heavy atom. The number of esters is 1. The third-order valence-electron chi connectivity index (χ3n) is 3.80. The van der Waals surface area contributed by atoms with Crippen molar-refractivity contribution in [3.63, 3.8) is 0 Å². The molecule has 1 heterocycles. The number of carbonyl (C=O) groups is 1. The van der Waals surface area contributed by atoms with Crippen LogP contribution in [0.1, 0.15) is 45.6 Å². The Morgan fingerprint density at radius 1 is 1.29 bits per heavy atom. The monoisotopic (exact) mass is 289 g/mol. The topological polar surface area (TPSA) is 29.5 Å². The lowest BCUT2D eigenvalue weighted by molar-refractivity contribution is -0.160. The van der Waals surface area contributed by atoms with Crippen molar-refractivity contribution in [2.75, 3.05) is 13.1 Å². The van der Waals surface area contributed by atoms with Crippen molar-refractivity contribution in [1.29, 1.82) is 0 Å². The van der Waals surface area contributed by atoms with Crippen molar-refractivity contribution in [2.45, 2.75) is 58.1 Å². The fraction of sp³-hybridized carbons (Fsp3) is 0.611. The first-order valence-corrected chi connectivity index (χ1v) is 7.96. The second-order valence-electron chi connectivity index (χ2n) is 6.82. The van der Waals surface area contributed by atoms with E-state index in [2.05, 4.69) is 29.2 Å². The van der Waals surface area contributed by atoms with Gasteiger partial charge in [-0.1, -0.05) is 30.3 Å². The quantitative estimate of drug-likeness (QED) is 0.778. The van der Waals surface area contributed by atoms with Crippen LogP contribution < -0.4 is 0 Å². The highest BCUT2D eigenvalue weighted by molar-refractivity contribution is 5.76. The maximum absolute atomic E-state index is 12.2. The maximum atomic E-state index is 12.2. The van der Waals surface area contributed by atoms with Gasteiger partial charge in [0.05, 0.1) is 0 Å². The zero-order chi connectivity index (χ0) is 15.3. The number of ether oxygens (including phenoxy) is 1. The van der Waals surface area contributed by atoms with Crippen LogP contribution in [0.25, 0.3) is 0 Å². The summed E-state index contributed by atoms with van der Waals surface area (Å²) in [5.41, 5.74) is 0.973. The molecule has 1 aromatic rings. The molecule has 116 valence electrons. The Balaban J connectivity index is 1.80. The lowest BCUT2D eigenvalue weighted by atomic mass is 10.1. The average Bonchev–Trinajstić information content (AvgIpc) is 2.86. The van der Waals surface area contributed by atoms with Crippen LogP contribution in [0.4, 0.5) is 0 Å². The van der Waals surface area contributed by atoms with Gasteiger partial charge in [0.25, 0.3) is 0 Å². The number of nitrogens with zero attached hydrogens (tertiary/aromatic N) is 1. The molecule has 1 saturated heterocycles. The minimum Gasteiger partial charge on any atom is -0.459 e. The fourth-order valence-corrected chi connectivity index (χ4v) is 2.86. The Morgan fingerprint density at radius 2 is 2.00 bits per heavy atom. The van der Waals surface area contributed by atoms with Gasteiger partial charge in [0.15, 0.2) is 0 Å². The van der Waals surface area contributed by atoms with Crippen molar-refractivity contribution in [3.8, 4) is 0 Å². The molecule has 1 aliphatic rings. The molecule has 2 rings (SSSR count). The van der Waals surface area contributed by atoms with Gasteiger partial charge in [0.1, 0.15) is 11.6 Å². The van der Waals surface area contributed by atoms with E-state index in [9.17, 15) is 4.79 Å². The fourth-order valence-electron chi connectivity index (χ4n) is 2.86. The number of aryl methyl sites for hydroxylation is 1. The zero-order valence-corrected chi connectivity index (χ0v) is 13.5. The maximum Gasteiger partial charge on any atom is 0.323 e. The summed E-state index contributed by atoms with van der Waals surface area (Å²) in [5, 5.41) is 0. The second-order valence-corrected chi connectivity index (χ2v) is 6.82. The second kappa shape index (κ2) is 7.08. The van der Waals surface area contributed by atoms with Crippen LogP contribution in [0, 0.1) is 0 Å². The molecule has 0 spiro atoms. The van der Waals surface area contributed by atoms with Crippen LogP contribution in [-0.4, -0.2) is 35.6 Å². The summed E-state index contributed by atoms with van der Waals surface area (Å²) >= 11 is 0. The van der Waals surface area contributed by atoms with E-state index in [0.717, 1.165) is 38.8 Å². The number of benzene rings is 1. The van der Waals surface area contributed by atoms with Gasteiger partial charge in [0, 0.05) is 0 Å². The van der Waals surface area contributed by atoms with Crippen LogP contribution in [-0.2, 0) is 16.0 Å². The standard InChI is InChI=1S/C18H27NO2/c1-18(2,3)21-17(20)16-12-8-14-19(16)13-7-11-15-9-5-4-6-10-15/h4-6,9-10,16H,7-8,11-14H2,1-3H3/t16-/m0/s1. The van der Waals surface area contributed by atoms with Gasteiger partial charge in [-0.3, -0.25) is 9.69 Å². The molecule has 0 aliphatic carbocycles. The van der Waals surface area contributed by atoms with Crippen molar-refractivity contribution < 1.29 is 9.53 Å². The van der Waals surface area contributed by atoms with E-state index in [1.54, 1.807) is 0 Å². The molecule has 0 aromatic heterocycles. The lowest BCUT2D eigenvalue weighted by Crippen LogP contribution is -2.41. The molecular weight excluding hydrogens is 262 g/mol. The van der Waals surface area contributed by atoms with E-state index in [-0.39, 0.29) is 12.0 Å². The summed E-state index contributed by atoms with van der Waals surface area (Å²) < 4.78 is 5.54. The summed E-state index contributed by atoms with van der Waals surface area (Å²) in [4.78, 5) is 14.5. The molecule has 1 aliphatic heterocycles. The zero-order valence-electron chi connectivity index (χ0n) is 13.5. The summed E-state index contributed by atoms with van der Waals surface area (Å²) in [6.07, 6.45) is 4.18. The summed E-state index contributed by atoms with van der Waals surface area (Å²) in [6.45, 7) is 7.77. The van der Waals surface area contributed by atoms with E-state index in [0.29, 0.717) is 0 Å². The molecule has 3 heteroatoms. The number of hydrogen-bond donors (Lipinski definition) is 0. The third kappa shape index (κ3) is 5.16.